The number of halogens is 1. The van der Waals surface area contributed by atoms with Crippen molar-refractivity contribution in [3.63, 3.8) is 0 Å². The normalized spacial score (nSPS) is 11.4. The van der Waals surface area contributed by atoms with Crippen LogP contribution in [0.15, 0.2) is 42.0 Å². The number of ether oxygens (including phenoxy) is 2. The zero-order valence-electron chi connectivity index (χ0n) is 18.6. The number of aromatic nitrogens is 3. The van der Waals surface area contributed by atoms with Crippen molar-refractivity contribution in [3.8, 4) is 11.8 Å². The lowest BCUT2D eigenvalue weighted by atomic mass is 10.1. The van der Waals surface area contributed by atoms with Crippen LogP contribution in [0.4, 0.5) is 0 Å². The summed E-state index contributed by atoms with van der Waals surface area (Å²) >= 11 is 6.49. The summed E-state index contributed by atoms with van der Waals surface area (Å²) in [6.45, 7) is 6.89. The van der Waals surface area contributed by atoms with Gasteiger partial charge in [-0.2, -0.15) is 10.4 Å². The van der Waals surface area contributed by atoms with Crippen LogP contribution in [-0.4, -0.2) is 34.0 Å². The van der Waals surface area contributed by atoms with E-state index in [1.807, 2.05) is 56.3 Å². The third-order valence-corrected chi connectivity index (χ3v) is 5.63. The fourth-order valence-corrected chi connectivity index (χ4v) is 3.77. The van der Waals surface area contributed by atoms with Crippen LogP contribution in [0.25, 0.3) is 11.8 Å². The van der Waals surface area contributed by atoms with Crippen LogP contribution in [0.2, 0.25) is 5.15 Å². The summed E-state index contributed by atoms with van der Waals surface area (Å²) < 4.78 is 14.2. The van der Waals surface area contributed by atoms with Gasteiger partial charge in [0, 0.05) is 30.6 Å². The van der Waals surface area contributed by atoms with E-state index in [0.717, 1.165) is 22.6 Å². The van der Waals surface area contributed by atoms with Gasteiger partial charge in [-0.05, 0) is 50.6 Å². The minimum atomic E-state index is -0.711. The quantitative estimate of drug-likeness (QED) is 0.284. The van der Waals surface area contributed by atoms with Crippen LogP contribution in [0, 0.1) is 32.1 Å². The number of nitriles is 1. The molecule has 0 aliphatic rings. The molecule has 3 rings (SSSR count). The number of benzene rings is 1. The Morgan fingerprint density at radius 2 is 1.97 bits per heavy atom. The molecule has 8 heteroatoms. The van der Waals surface area contributed by atoms with Crippen LogP contribution in [0.3, 0.4) is 0 Å². The van der Waals surface area contributed by atoms with Gasteiger partial charge in [-0.1, -0.05) is 29.8 Å². The largest absolute Gasteiger partial charge is 0.457 e. The summed E-state index contributed by atoms with van der Waals surface area (Å²) in [6, 6.07) is 13.3. The van der Waals surface area contributed by atoms with Gasteiger partial charge in [-0.3, -0.25) is 0 Å². The number of carbonyl (C=O) groups is 1. The van der Waals surface area contributed by atoms with E-state index in [1.165, 1.54) is 0 Å². The molecule has 0 saturated carbocycles. The molecule has 3 aromatic rings. The van der Waals surface area contributed by atoms with E-state index in [0.29, 0.717) is 29.6 Å². The summed E-state index contributed by atoms with van der Waals surface area (Å²) in [7, 11) is 1.65. The van der Waals surface area contributed by atoms with E-state index >= 15 is 0 Å². The van der Waals surface area contributed by atoms with Gasteiger partial charge in [0.25, 0.3) is 0 Å². The Bertz CT molecular complexity index is 1190. The van der Waals surface area contributed by atoms with Crippen molar-refractivity contribution in [3.05, 3.63) is 75.3 Å². The molecule has 2 aromatic heterocycles. The molecule has 0 unspecified atom stereocenters. The average Bonchev–Trinajstić information content (AvgIpc) is 3.23. The van der Waals surface area contributed by atoms with E-state index in [-0.39, 0.29) is 12.2 Å². The van der Waals surface area contributed by atoms with Crippen molar-refractivity contribution in [2.45, 2.75) is 33.9 Å². The van der Waals surface area contributed by atoms with Gasteiger partial charge in [0.05, 0.1) is 18.0 Å². The number of rotatable bonds is 8. The smallest absolute Gasteiger partial charge is 0.349 e. The molecule has 0 atom stereocenters. The van der Waals surface area contributed by atoms with Gasteiger partial charge in [0.1, 0.15) is 23.4 Å². The number of hydrogen-bond acceptors (Lipinski definition) is 5. The van der Waals surface area contributed by atoms with E-state index in [4.69, 9.17) is 21.1 Å². The van der Waals surface area contributed by atoms with Crippen molar-refractivity contribution in [1.82, 2.24) is 14.3 Å². The second-order valence-electron chi connectivity index (χ2n) is 7.32. The van der Waals surface area contributed by atoms with Crippen LogP contribution < -0.4 is 0 Å². The molecule has 0 spiro atoms. The van der Waals surface area contributed by atoms with E-state index < -0.39 is 5.97 Å². The molecular formula is C24H25ClN4O3. The molecule has 0 saturated heterocycles. The average molecular weight is 453 g/mol. The SMILES string of the molecule is COCCn1c(C)cc(/C=C(\C#N)C(=O)OCc2c(C)nn(-c3ccccc3)c2Cl)c1C. The van der Waals surface area contributed by atoms with Crippen molar-refractivity contribution in [1.29, 1.82) is 5.26 Å². The van der Waals surface area contributed by atoms with E-state index in [9.17, 15) is 10.1 Å². The number of methoxy groups -OCH3 is 1. The molecule has 0 aliphatic carbocycles. The zero-order valence-corrected chi connectivity index (χ0v) is 19.3. The van der Waals surface area contributed by atoms with Crippen molar-refractivity contribution in [2.24, 2.45) is 0 Å². The van der Waals surface area contributed by atoms with Gasteiger partial charge in [0.15, 0.2) is 0 Å². The summed E-state index contributed by atoms with van der Waals surface area (Å²) in [6.07, 6.45) is 1.55. The first-order valence-corrected chi connectivity index (χ1v) is 10.5. The predicted octanol–water partition coefficient (Wildman–Crippen LogP) is 4.55. The minimum absolute atomic E-state index is 0.0811. The topological polar surface area (TPSA) is 82.1 Å². The first-order valence-electron chi connectivity index (χ1n) is 10.1. The molecular weight excluding hydrogens is 428 g/mol. The lowest BCUT2D eigenvalue weighted by Crippen LogP contribution is -2.08. The molecule has 0 amide bonds. The molecule has 0 N–H and O–H groups in total. The molecule has 7 nitrogen and oxygen atoms in total. The molecule has 2 heterocycles. The zero-order chi connectivity index (χ0) is 23.3. The minimum Gasteiger partial charge on any atom is -0.457 e. The summed E-state index contributed by atoms with van der Waals surface area (Å²) in [5.74, 6) is -0.711. The highest BCUT2D eigenvalue weighted by atomic mass is 35.5. The Morgan fingerprint density at radius 1 is 1.25 bits per heavy atom. The molecule has 0 aliphatic heterocycles. The summed E-state index contributed by atoms with van der Waals surface area (Å²) in [5, 5.41) is 14.3. The number of nitrogens with zero attached hydrogens (tertiary/aromatic N) is 4. The standard InChI is InChI=1S/C24H25ClN4O3/c1-16-12-19(18(3)28(16)10-11-31-4)13-20(14-26)24(30)32-15-22-17(2)27-29(23(22)25)21-8-6-5-7-9-21/h5-9,12-13H,10-11,15H2,1-4H3/b20-13+. The highest BCUT2D eigenvalue weighted by molar-refractivity contribution is 6.30. The second kappa shape index (κ2) is 10.3. The van der Waals surface area contributed by atoms with Gasteiger partial charge in [-0.15, -0.1) is 0 Å². The lowest BCUT2D eigenvalue weighted by molar-refractivity contribution is -0.139. The Balaban J connectivity index is 1.77. The second-order valence-corrected chi connectivity index (χ2v) is 7.68. The highest BCUT2D eigenvalue weighted by Crippen LogP contribution is 2.25. The number of esters is 1. The van der Waals surface area contributed by atoms with Gasteiger partial charge in [-0.25, -0.2) is 9.48 Å². The monoisotopic (exact) mass is 452 g/mol. The maximum absolute atomic E-state index is 12.6. The van der Waals surface area contributed by atoms with Crippen LogP contribution in [-0.2, 0) is 27.4 Å². The van der Waals surface area contributed by atoms with Gasteiger partial charge >= 0.3 is 5.97 Å². The first-order chi connectivity index (χ1) is 15.4. The maximum atomic E-state index is 12.6. The third kappa shape index (κ3) is 4.93. The molecule has 32 heavy (non-hydrogen) atoms. The van der Waals surface area contributed by atoms with Crippen molar-refractivity contribution < 1.29 is 14.3 Å². The van der Waals surface area contributed by atoms with Gasteiger partial charge < -0.3 is 14.0 Å². The van der Waals surface area contributed by atoms with Crippen LogP contribution >= 0.6 is 11.6 Å². The Morgan fingerprint density at radius 3 is 2.62 bits per heavy atom. The summed E-state index contributed by atoms with van der Waals surface area (Å²) in [5.41, 5.74) is 4.73. The molecule has 166 valence electrons. The number of aryl methyl sites for hydroxylation is 2. The highest BCUT2D eigenvalue weighted by Gasteiger charge is 2.19. The Kier molecular flexibility index (Phi) is 7.52. The molecule has 0 bridgehead atoms. The number of para-hydroxylation sites is 1. The van der Waals surface area contributed by atoms with E-state index in [1.54, 1.807) is 24.8 Å². The summed E-state index contributed by atoms with van der Waals surface area (Å²) in [4.78, 5) is 12.6. The van der Waals surface area contributed by atoms with E-state index in [2.05, 4.69) is 9.67 Å². The fourth-order valence-electron chi connectivity index (χ4n) is 3.44. The predicted molar refractivity (Wildman–Crippen MR) is 122 cm³/mol. The number of carbonyl (C=O) groups excluding carboxylic acids is 1. The molecule has 0 fully saturated rings. The van der Waals surface area contributed by atoms with Gasteiger partial charge in [0.2, 0.25) is 0 Å². The lowest BCUT2D eigenvalue weighted by Gasteiger charge is -2.08. The third-order valence-electron chi connectivity index (χ3n) is 5.24. The number of hydrogen-bond donors (Lipinski definition) is 0. The Labute approximate surface area is 192 Å². The maximum Gasteiger partial charge on any atom is 0.349 e. The fraction of sp³-hybridized carbons (Fsp3) is 0.292. The Hall–Kier alpha value is -3.34. The van der Waals surface area contributed by atoms with Crippen LogP contribution in [0.1, 0.15) is 28.2 Å². The first kappa shape index (κ1) is 23.3. The van der Waals surface area contributed by atoms with Crippen molar-refractivity contribution in [2.75, 3.05) is 13.7 Å². The molecule has 0 radical (unpaired) electrons. The molecule has 1 aromatic carbocycles. The van der Waals surface area contributed by atoms with Crippen molar-refractivity contribution >= 4 is 23.6 Å². The van der Waals surface area contributed by atoms with Crippen LogP contribution in [0.5, 0.6) is 0 Å².